The van der Waals surface area contributed by atoms with Gasteiger partial charge in [-0.1, -0.05) is 29.8 Å². The molecule has 3 aromatic rings. The van der Waals surface area contributed by atoms with Crippen molar-refractivity contribution in [2.45, 2.75) is 19.4 Å². The van der Waals surface area contributed by atoms with Gasteiger partial charge in [0.25, 0.3) is 5.91 Å². The van der Waals surface area contributed by atoms with E-state index in [2.05, 4.69) is 4.98 Å². The largest absolute Gasteiger partial charge is 0.493 e. The third-order valence-electron chi connectivity index (χ3n) is 5.35. The lowest BCUT2D eigenvalue weighted by molar-refractivity contribution is 0.0677. The van der Waals surface area contributed by atoms with Crippen LogP contribution in [0.5, 0.6) is 11.5 Å². The molecule has 4 rings (SSSR count). The molecule has 5 nitrogen and oxygen atoms in total. The number of nitrogens with zero attached hydrogens (tertiary/aromatic N) is 2. The highest BCUT2D eigenvalue weighted by molar-refractivity contribution is 6.33. The monoisotopic (exact) mass is 396 g/mol. The zero-order valence-electron chi connectivity index (χ0n) is 16.0. The van der Waals surface area contributed by atoms with E-state index < -0.39 is 0 Å². The first-order valence-electron chi connectivity index (χ1n) is 9.14. The molecule has 144 valence electrons. The molecule has 0 fully saturated rings. The molecule has 0 aliphatic carbocycles. The predicted molar refractivity (Wildman–Crippen MR) is 109 cm³/mol. The number of ether oxygens (including phenoxy) is 2. The Labute approximate surface area is 168 Å². The first-order valence-corrected chi connectivity index (χ1v) is 9.52. The van der Waals surface area contributed by atoms with Gasteiger partial charge in [0.1, 0.15) is 5.15 Å². The van der Waals surface area contributed by atoms with Crippen LogP contribution in [0.2, 0.25) is 5.15 Å². The number of aromatic nitrogens is 1. The maximum atomic E-state index is 13.3. The minimum absolute atomic E-state index is 0.112. The molecule has 1 atom stereocenters. The highest BCUT2D eigenvalue weighted by Gasteiger charge is 2.31. The van der Waals surface area contributed by atoms with Crippen LogP contribution >= 0.6 is 11.6 Å². The first kappa shape index (κ1) is 18.6. The average Bonchev–Trinajstić information content (AvgIpc) is 2.72. The third-order valence-corrected chi connectivity index (χ3v) is 5.64. The Morgan fingerprint density at radius 3 is 2.61 bits per heavy atom. The number of hydrogen-bond acceptors (Lipinski definition) is 4. The van der Waals surface area contributed by atoms with Gasteiger partial charge < -0.3 is 14.4 Å². The summed E-state index contributed by atoms with van der Waals surface area (Å²) in [6.45, 7) is 2.62. The normalized spacial score (nSPS) is 16.0. The van der Waals surface area contributed by atoms with Crippen molar-refractivity contribution in [3.8, 4) is 11.5 Å². The number of hydrogen-bond donors (Lipinski definition) is 0. The number of carbonyl (C=O) groups is 1. The second-order valence-electron chi connectivity index (χ2n) is 6.85. The van der Waals surface area contributed by atoms with Gasteiger partial charge in [0.2, 0.25) is 0 Å². The molecule has 28 heavy (non-hydrogen) atoms. The lowest BCUT2D eigenvalue weighted by atomic mass is 9.92. The Bertz CT molecular complexity index is 1070. The van der Waals surface area contributed by atoms with Crippen LogP contribution in [0, 0.1) is 0 Å². The lowest BCUT2D eigenvalue weighted by Crippen LogP contribution is -2.39. The van der Waals surface area contributed by atoms with E-state index in [4.69, 9.17) is 21.1 Å². The quantitative estimate of drug-likeness (QED) is 0.604. The summed E-state index contributed by atoms with van der Waals surface area (Å²) in [6, 6.07) is 13.3. The van der Waals surface area contributed by atoms with Gasteiger partial charge in [0.15, 0.2) is 11.5 Å². The smallest absolute Gasteiger partial charge is 0.257 e. The van der Waals surface area contributed by atoms with Gasteiger partial charge in [-0.05, 0) is 48.7 Å². The molecule has 0 saturated heterocycles. The summed E-state index contributed by atoms with van der Waals surface area (Å²) in [6.07, 6.45) is 0.740. The molecule has 6 heteroatoms. The summed E-state index contributed by atoms with van der Waals surface area (Å²) in [5.74, 6) is 1.25. The molecule has 0 unspecified atom stereocenters. The van der Waals surface area contributed by atoms with Gasteiger partial charge in [0, 0.05) is 11.9 Å². The fraction of sp³-hybridized carbons (Fsp3) is 0.273. The number of benzene rings is 2. The molecule has 0 N–H and O–H groups in total. The van der Waals surface area contributed by atoms with Gasteiger partial charge in [-0.2, -0.15) is 0 Å². The molecule has 1 amide bonds. The van der Waals surface area contributed by atoms with E-state index in [1.165, 1.54) is 0 Å². The van der Waals surface area contributed by atoms with E-state index in [0.717, 1.165) is 28.5 Å². The number of amides is 1. The van der Waals surface area contributed by atoms with Gasteiger partial charge in [-0.3, -0.25) is 4.79 Å². The summed E-state index contributed by atoms with van der Waals surface area (Å²) in [5, 5.41) is 1.13. The summed E-state index contributed by atoms with van der Waals surface area (Å²) in [5.41, 5.74) is 3.42. The SMILES string of the molecule is COc1cc2c(cc1OC)[C@@H](C)N(C(=O)c1cc3ccccc3nc1Cl)CC2. The Morgan fingerprint density at radius 1 is 1.14 bits per heavy atom. The van der Waals surface area contributed by atoms with Crippen LogP contribution in [0.15, 0.2) is 42.5 Å². The second-order valence-corrected chi connectivity index (χ2v) is 7.21. The minimum Gasteiger partial charge on any atom is -0.493 e. The molecule has 0 bridgehead atoms. The standard InChI is InChI=1S/C22H21ClN2O3/c1-13-16-12-20(28-3)19(27-2)11-14(16)8-9-25(13)22(26)17-10-15-6-4-5-7-18(15)24-21(17)23/h4-7,10-13H,8-9H2,1-3H3/t13-/m1/s1. The average molecular weight is 397 g/mol. The summed E-state index contributed by atoms with van der Waals surface area (Å²) in [7, 11) is 3.24. The maximum Gasteiger partial charge on any atom is 0.257 e. The number of carbonyl (C=O) groups excluding carboxylic acids is 1. The van der Waals surface area contributed by atoms with Crippen molar-refractivity contribution in [2.24, 2.45) is 0 Å². The van der Waals surface area contributed by atoms with Crippen LogP contribution < -0.4 is 9.47 Å². The van der Waals surface area contributed by atoms with Crippen LogP contribution in [0.4, 0.5) is 0 Å². The predicted octanol–water partition coefficient (Wildman–Crippen LogP) is 4.66. The zero-order valence-corrected chi connectivity index (χ0v) is 16.8. The molecule has 2 aromatic carbocycles. The van der Waals surface area contributed by atoms with E-state index in [1.807, 2.05) is 54.3 Å². The number of fused-ring (bicyclic) bond motifs is 2. The Hall–Kier alpha value is -2.79. The molecule has 1 aliphatic rings. The molecular weight excluding hydrogens is 376 g/mol. The van der Waals surface area contributed by atoms with Gasteiger partial charge in [0.05, 0.1) is 31.3 Å². The van der Waals surface area contributed by atoms with E-state index in [1.54, 1.807) is 14.2 Å². The Balaban J connectivity index is 1.71. The van der Waals surface area contributed by atoms with Crippen LogP contribution in [-0.4, -0.2) is 36.6 Å². The Morgan fingerprint density at radius 2 is 1.86 bits per heavy atom. The topological polar surface area (TPSA) is 51.7 Å². The molecule has 0 radical (unpaired) electrons. The highest BCUT2D eigenvalue weighted by Crippen LogP contribution is 2.38. The number of halogens is 1. The van der Waals surface area contributed by atoms with Crippen molar-refractivity contribution in [1.29, 1.82) is 0 Å². The molecule has 1 aliphatic heterocycles. The van der Waals surface area contributed by atoms with Gasteiger partial charge in [-0.15, -0.1) is 0 Å². The van der Waals surface area contributed by atoms with Crippen LogP contribution in [0.1, 0.15) is 34.5 Å². The summed E-state index contributed by atoms with van der Waals surface area (Å²) >= 11 is 6.36. The van der Waals surface area contributed by atoms with Crippen LogP contribution in [0.3, 0.4) is 0 Å². The number of methoxy groups -OCH3 is 2. The number of rotatable bonds is 3. The summed E-state index contributed by atoms with van der Waals surface area (Å²) in [4.78, 5) is 19.5. The van der Waals surface area contributed by atoms with Gasteiger partial charge in [-0.25, -0.2) is 4.98 Å². The van der Waals surface area contributed by atoms with Crippen molar-refractivity contribution < 1.29 is 14.3 Å². The van der Waals surface area contributed by atoms with E-state index >= 15 is 0 Å². The minimum atomic E-state index is -0.115. The molecule has 0 saturated carbocycles. The van der Waals surface area contributed by atoms with Crippen molar-refractivity contribution in [3.63, 3.8) is 0 Å². The maximum absolute atomic E-state index is 13.3. The lowest BCUT2D eigenvalue weighted by Gasteiger charge is -2.36. The highest BCUT2D eigenvalue weighted by atomic mass is 35.5. The Kier molecular flexibility index (Phi) is 4.85. The van der Waals surface area contributed by atoms with E-state index in [0.29, 0.717) is 23.6 Å². The molecule has 1 aromatic heterocycles. The van der Waals surface area contributed by atoms with E-state index in [9.17, 15) is 4.79 Å². The summed E-state index contributed by atoms with van der Waals surface area (Å²) < 4.78 is 10.8. The fourth-order valence-electron chi connectivity index (χ4n) is 3.82. The zero-order chi connectivity index (χ0) is 19.8. The van der Waals surface area contributed by atoms with Crippen LogP contribution in [0.25, 0.3) is 10.9 Å². The van der Waals surface area contributed by atoms with Crippen molar-refractivity contribution in [1.82, 2.24) is 9.88 Å². The van der Waals surface area contributed by atoms with Crippen molar-refractivity contribution in [2.75, 3.05) is 20.8 Å². The molecule has 0 spiro atoms. The molecular formula is C22H21ClN2O3. The van der Waals surface area contributed by atoms with Crippen LogP contribution in [-0.2, 0) is 6.42 Å². The van der Waals surface area contributed by atoms with Gasteiger partial charge >= 0.3 is 0 Å². The van der Waals surface area contributed by atoms with Crippen molar-refractivity contribution >= 4 is 28.4 Å². The number of para-hydroxylation sites is 1. The molecule has 2 heterocycles. The third kappa shape index (κ3) is 3.06. The second kappa shape index (κ2) is 7.32. The fourth-order valence-corrected chi connectivity index (χ4v) is 4.05. The first-order chi connectivity index (χ1) is 13.5. The number of pyridine rings is 1. The van der Waals surface area contributed by atoms with E-state index in [-0.39, 0.29) is 17.1 Å². The van der Waals surface area contributed by atoms with Crippen molar-refractivity contribution in [3.05, 3.63) is 64.3 Å².